The molecule has 2 nitrogen and oxygen atoms in total. The first-order chi connectivity index (χ1) is 9.53. The highest BCUT2D eigenvalue weighted by Gasteiger charge is 2.37. The van der Waals surface area contributed by atoms with E-state index in [0.717, 1.165) is 22.4 Å². The fourth-order valence-corrected chi connectivity index (χ4v) is 3.30. The van der Waals surface area contributed by atoms with E-state index in [1.54, 1.807) is 7.11 Å². The van der Waals surface area contributed by atoms with E-state index in [4.69, 9.17) is 4.74 Å². The minimum Gasteiger partial charge on any atom is -0.496 e. The zero-order valence-electron chi connectivity index (χ0n) is 12.2. The van der Waals surface area contributed by atoms with Crippen LogP contribution in [0.3, 0.4) is 0 Å². The molecule has 1 N–H and O–H groups in total. The number of aryl methyl sites for hydroxylation is 2. The lowest BCUT2D eigenvalue weighted by Gasteiger charge is -2.26. The molecule has 3 rings (SSSR count). The summed E-state index contributed by atoms with van der Waals surface area (Å²) in [5.74, 6) is 0.880. The molecule has 0 unspecified atom stereocenters. The number of hydrogen-bond acceptors (Lipinski definition) is 2. The third kappa shape index (κ3) is 2.01. The molecule has 0 aliphatic heterocycles. The van der Waals surface area contributed by atoms with Crippen molar-refractivity contribution in [2.75, 3.05) is 7.11 Å². The molecule has 0 heterocycles. The molecule has 0 saturated heterocycles. The van der Waals surface area contributed by atoms with E-state index in [0.29, 0.717) is 12.8 Å². The Morgan fingerprint density at radius 3 is 2.15 bits per heavy atom. The van der Waals surface area contributed by atoms with E-state index < -0.39 is 5.60 Å². The van der Waals surface area contributed by atoms with Crippen LogP contribution in [0.2, 0.25) is 0 Å². The van der Waals surface area contributed by atoms with Crippen LogP contribution >= 0.6 is 0 Å². The maximum Gasteiger partial charge on any atom is 0.122 e. The normalized spacial score (nSPS) is 16.0. The van der Waals surface area contributed by atoms with Crippen molar-refractivity contribution in [2.45, 2.75) is 32.3 Å². The number of benzene rings is 2. The van der Waals surface area contributed by atoms with Gasteiger partial charge in [-0.05, 0) is 53.8 Å². The molecular formula is C18H20O2. The highest BCUT2D eigenvalue weighted by molar-refractivity contribution is 5.48. The van der Waals surface area contributed by atoms with Gasteiger partial charge in [0, 0.05) is 12.8 Å². The van der Waals surface area contributed by atoms with Crippen LogP contribution in [0.5, 0.6) is 5.75 Å². The smallest absolute Gasteiger partial charge is 0.122 e. The van der Waals surface area contributed by atoms with Crippen molar-refractivity contribution in [1.82, 2.24) is 0 Å². The summed E-state index contributed by atoms with van der Waals surface area (Å²) in [7, 11) is 1.68. The van der Waals surface area contributed by atoms with Crippen LogP contribution in [0.25, 0.3) is 0 Å². The summed E-state index contributed by atoms with van der Waals surface area (Å²) < 4.78 is 5.36. The third-order valence-electron chi connectivity index (χ3n) is 4.33. The first kappa shape index (κ1) is 13.2. The molecule has 0 atom stereocenters. The molecule has 0 fully saturated rings. The molecule has 1 aliphatic rings. The molecule has 0 amide bonds. The molecule has 2 aromatic carbocycles. The second-order valence-electron chi connectivity index (χ2n) is 5.79. The molecular weight excluding hydrogens is 248 g/mol. The highest BCUT2D eigenvalue weighted by atomic mass is 16.5. The van der Waals surface area contributed by atoms with E-state index >= 15 is 0 Å². The Kier molecular flexibility index (Phi) is 3.06. The topological polar surface area (TPSA) is 29.5 Å². The number of rotatable bonds is 2. The Hall–Kier alpha value is -1.80. The molecule has 0 radical (unpaired) electrons. The van der Waals surface area contributed by atoms with Crippen molar-refractivity contribution < 1.29 is 9.84 Å². The molecule has 0 bridgehead atoms. The van der Waals surface area contributed by atoms with Crippen LogP contribution < -0.4 is 4.74 Å². The van der Waals surface area contributed by atoms with Crippen molar-refractivity contribution in [3.63, 3.8) is 0 Å². The van der Waals surface area contributed by atoms with Crippen LogP contribution in [0.1, 0.15) is 27.8 Å². The number of ether oxygens (including phenoxy) is 1. The quantitative estimate of drug-likeness (QED) is 0.905. The lowest BCUT2D eigenvalue weighted by Crippen LogP contribution is -2.27. The summed E-state index contributed by atoms with van der Waals surface area (Å²) >= 11 is 0. The minimum absolute atomic E-state index is 0.690. The summed E-state index contributed by atoms with van der Waals surface area (Å²) in [4.78, 5) is 0. The fraction of sp³-hybridized carbons (Fsp3) is 0.333. The maximum absolute atomic E-state index is 11.1. The molecule has 0 saturated carbocycles. The number of fused-ring (bicyclic) bond motifs is 1. The Morgan fingerprint density at radius 1 is 1.00 bits per heavy atom. The minimum atomic E-state index is -0.787. The van der Waals surface area contributed by atoms with Crippen LogP contribution in [-0.4, -0.2) is 12.2 Å². The molecule has 0 aromatic heterocycles. The van der Waals surface area contributed by atoms with Gasteiger partial charge in [-0.1, -0.05) is 24.3 Å². The van der Waals surface area contributed by atoms with Gasteiger partial charge in [0.1, 0.15) is 5.75 Å². The number of methoxy groups -OCH3 is 1. The monoisotopic (exact) mass is 268 g/mol. The fourth-order valence-electron chi connectivity index (χ4n) is 3.30. The standard InChI is InChI=1S/C18H20O2/c1-12-9-17(20-3)13(2)8-16(12)18(19)10-14-6-4-5-7-15(14)11-18/h4-9,19H,10-11H2,1-3H3. The maximum atomic E-state index is 11.1. The molecule has 104 valence electrons. The summed E-state index contributed by atoms with van der Waals surface area (Å²) in [6.07, 6.45) is 1.38. The second kappa shape index (κ2) is 4.64. The van der Waals surface area contributed by atoms with Crippen molar-refractivity contribution >= 4 is 0 Å². The van der Waals surface area contributed by atoms with E-state index in [1.807, 2.05) is 32.0 Å². The van der Waals surface area contributed by atoms with Gasteiger partial charge >= 0.3 is 0 Å². The van der Waals surface area contributed by atoms with E-state index in [9.17, 15) is 5.11 Å². The molecule has 1 aliphatic carbocycles. The molecule has 0 spiro atoms. The lowest BCUT2D eigenvalue weighted by atomic mass is 9.86. The Labute approximate surface area is 120 Å². The predicted molar refractivity (Wildman–Crippen MR) is 80.2 cm³/mol. The number of aliphatic hydroxyl groups is 1. The van der Waals surface area contributed by atoms with Crippen molar-refractivity contribution in [2.24, 2.45) is 0 Å². The van der Waals surface area contributed by atoms with Crippen molar-refractivity contribution in [3.05, 3.63) is 64.2 Å². The zero-order chi connectivity index (χ0) is 14.3. The lowest BCUT2D eigenvalue weighted by molar-refractivity contribution is 0.0475. The van der Waals surface area contributed by atoms with Gasteiger partial charge in [-0.3, -0.25) is 0 Å². The Bertz CT molecular complexity index is 633. The first-order valence-electron chi connectivity index (χ1n) is 6.98. The SMILES string of the molecule is COc1cc(C)c(C2(O)Cc3ccccc3C2)cc1C. The predicted octanol–water partition coefficient (Wildman–Crippen LogP) is 3.30. The summed E-state index contributed by atoms with van der Waals surface area (Å²) in [5, 5.41) is 11.1. The van der Waals surface area contributed by atoms with Crippen molar-refractivity contribution in [1.29, 1.82) is 0 Å². The van der Waals surface area contributed by atoms with Gasteiger partial charge in [0.25, 0.3) is 0 Å². The second-order valence-corrected chi connectivity index (χ2v) is 5.79. The summed E-state index contributed by atoms with van der Waals surface area (Å²) in [6, 6.07) is 12.4. The van der Waals surface area contributed by atoms with Crippen molar-refractivity contribution in [3.8, 4) is 5.75 Å². The van der Waals surface area contributed by atoms with Gasteiger partial charge < -0.3 is 9.84 Å². The highest BCUT2D eigenvalue weighted by Crippen LogP contribution is 2.40. The first-order valence-corrected chi connectivity index (χ1v) is 6.98. The Balaban J connectivity index is 2.05. The largest absolute Gasteiger partial charge is 0.496 e. The molecule has 20 heavy (non-hydrogen) atoms. The van der Waals surface area contributed by atoms with Gasteiger partial charge in [-0.2, -0.15) is 0 Å². The van der Waals surface area contributed by atoms with Gasteiger partial charge in [0.2, 0.25) is 0 Å². The summed E-state index contributed by atoms with van der Waals surface area (Å²) in [5.41, 5.74) is 4.89. The average Bonchev–Trinajstić information content (AvgIpc) is 2.78. The van der Waals surface area contributed by atoms with Crippen LogP contribution in [0.15, 0.2) is 36.4 Å². The van der Waals surface area contributed by atoms with Gasteiger partial charge in [-0.25, -0.2) is 0 Å². The third-order valence-corrected chi connectivity index (χ3v) is 4.33. The van der Waals surface area contributed by atoms with Gasteiger partial charge in [-0.15, -0.1) is 0 Å². The summed E-state index contributed by atoms with van der Waals surface area (Å²) in [6.45, 7) is 4.06. The Morgan fingerprint density at radius 2 is 1.60 bits per heavy atom. The van der Waals surface area contributed by atoms with E-state index in [1.165, 1.54) is 11.1 Å². The van der Waals surface area contributed by atoms with E-state index in [-0.39, 0.29) is 0 Å². The van der Waals surface area contributed by atoms with Crippen LogP contribution in [0.4, 0.5) is 0 Å². The van der Waals surface area contributed by atoms with Crippen LogP contribution in [-0.2, 0) is 18.4 Å². The molecule has 2 heteroatoms. The van der Waals surface area contributed by atoms with Gasteiger partial charge in [0.05, 0.1) is 12.7 Å². The zero-order valence-corrected chi connectivity index (χ0v) is 12.2. The number of hydrogen-bond donors (Lipinski definition) is 1. The van der Waals surface area contributed by atoms with Gasteiger partial charge in [0.15, 0.2) is 0 Å². The molecule has 2 aromatic rings. The van der Waals surface area contributed by atoms with E-state index in [2.05, 4.69) is 18.2 Å². The van der Waals surface area contributed by atoms with Crippen LogP contribution in [0, 0.1) is 13.8 Å². The average molecular weight is 268 g/mol.